The van der Waals surface area contributed by atoms with Crippen LogP contribution in [0.2, 0.25) is 0 Å². The molecule has 0 radical (unpaired) electrons. The fourth-order valence-electron chi connectivity index (χ4n) is 10.1. The summed E-state index contributed by atoms with van der Waals surface area (Å²) in [6.45, 7) is 14.1. The predicted molar refractivity (Wildman–Crippen MR) is 339 cm³/mol. The molecule has 0 amide bonds. The van der Waals surface area contributed by atoms with Crippen LogP contribution in [0.3, 0.4) is 0 Å². The molecule has 0 atom stereocenters. The highest BCUT2D eigenvalue weighted by atomic mass is 32.3. The van der Waals surface area contributed by atoms with Crippen molar-refractivity contribution in [3.63, 3.8) is 0 Å². The van der Waals surface area contributed by atoms with Crippen molar-refractivity contribution >= 4 is 10.4 Å². The fourth-order valence-corrected chi connectivity index (χ4v) is 10.1. The van der Waals surface area contributed by atoms with Gasteiger partial charge in [-0.2, -0.15) is 8.42 Å². The minimum absolute atomic E-state index is 1.24. The summed E-state index contributed by atoms with van der Waals surface area (Å²) in [5, 5.41) is 7.34. The molecule has 4 N–H and O–H groups in total. The number of nitrogens with one attached hydrogen (secondary N) is 2. The van der Waals surface area contributed by atoms with E-state index in [1.807, 2.05) is 0 Å². The lowest BCUT2D eigenvalue weighted by Gasteiger charge is -2.05. The highest BCUT2D eigenvalue weighted by Crippen LogP contribution is 2.16. The first-order chi connectivity index (χ1) is 36.8. The minimum Gasteiger partial charge on any atom is -0.317 e. The number of unbranched alkanes of at least 4 members (excludes halogenated alkanes) is 50. The average Bonchev–Trinajstić information content (AvgIpc) is 3.39. The van der Waals surface area contributed by atoms with Crippen LogP contribution in [0.5, 0.6) is 0 Å². The zero-order valence-electron chi connectivity index (χ0n) is 51.9. The van der Waals surface area contributed by atoms with Crippen LogP contribution in [0.15, 0.2) is 24.3 Å². The zero-order valence-corrected chi connectivity index (χ0v) is 52.7. The van der Waals surface area contributed by atoms with Gasteiger partial charge in [0.15, 0.2) is 0 Å². The summed E-state index contributed by atoms with van der Waals surface area (Å²) in [5.74, 6) is 0. The molecule has 75 heavy (non-hydrogen) atoms. The summed E-state index contributed by atoms with van der Waals surface area (Å²) < 4.78 is 31.6. The van der Waals surface area contributed by atoms with Gasteiger partial charge in [-0.3, -0.25) is 9.11 Å². The molecule has 0 saturated carbocycles. The molecule has 0 aliphatic heterocycles. The summed E-state index contributed by atoms with van der Waals surface area (Å²) in [7, 11) is -4.67. The lowest BCUT2D eigenvalue weighted by Crippen LogP contribution is -2.16. The Balaban J connectivity index is -0.00000127. The lowest BCUT2D eigenvalue weighted by atomic mass is 10.0. The van der Waals surface area contributed by atoms with Gasteiger partial charge in [-0.05, 0) is 103 Å². The van der Waals surface area contributed by atoms with E-state index < -0.39 is 10.4 Å². The van der Waals surface area contributed by atoms with Crippen molar-refractivity contribution in [3.8, 4) is 0 Å². The molecule has 0 unspecified atom stereocenters. The molecule has 452 valence electrons. The summed E-state index contributed by atoms with van der Waals surface area (Å²) in [4.78, 5) is 0. The smallest absolute Gasteiger partial charge is 0.317 e. The molecule has 6 nitrogen and oxygen atoms in total. The van der Waals surface area contributed by atoms with Crippen LogP contribution in [-0.4, -0.2) is 43.7 Å². The van der Waals surface area contributed by atoms with Gasteiger partial charge in [-0.1, -0.05) is 335 Å². The largest absolute Gasteiger partial charge is 0.394 e. The van der Waals surface area contributed by atoms with Crippen LogP contribution in [0.1, 0.15) is 387 Å². The Morgan fingerprint density at radius 1 is 0.227 bits per heavy atom. The van der Waals surface area contributed by atoms with Crippen LogP contribution in [0, 0.1) is 0 Å². The maximum absolute atomic E-state index is 8.74. The number of rotatable bonds is 62. The number of allylic oxidation sites excluding steroid dienone is 4. The Bertz CT molecular complexity index is 1050. The van der Waals surface area contributed by atoms with Gasteiger partial charge in [-0.25, -0.2) is 0 Å². The molecule has 0 rings (SSSR count). The molecule has 0 aromatic rings. The molecule has 0 aromatic heterocycles. The van der Waals surface area contributed by atoms with Crippen LogP contribution in [-0.2, 0) is 10.4 Å². The topological polar surface area (TPSA) is 98.7 Å². The SMILES string of the molecule is CCCCCCCC/C=C\CCCCCCCCNCCCCCCCCCCCCCCCC.CCCCCCCC/C=C\CCCCCCCCNCCCCCCCCCCCCCCCC.O=S(=O)(O)O. The summed E-state index contributed by atoms with van der Waals surface area (Å²) in [6.07, 6.45) is 89.5. The maximum Gasteiger partial charge on any atom is 0.394 e. The van der Waals surface area contributed by atoms with E-state index in [1.165, 1.54) is 386 Å². The van der Waals surface area contributed by atoms with E-state index in [0.29, 0.717) is 0 Å². The first kappa shape index (κ1) is 78.5. The second-order valence-electron chi connectivity index (χ2n) is 23.0. The van der Waals surface area contributed by atoms with Gasteiger partial charge in [-0.15, -0.1) is 0 Å². The highest BCUT2D eigenvalue weighted by Gasteiger charge is 1.98. The van der Waals surface area contributed by atoms with Crippen molar-refractivity contribution in [3.05, 3.63) is 24.3 Å². The normalized spacial score (nSPS) is 11.7. The van der Waals surface area contributed by atoms with Crippen molar-refractivity contribution < 1.29 is 17.5 Å². The van der Waals surface area contributed by atoms with Gasteiger partial charge in [0.05, 0.1) is 0 Å². The molecule has 0 heterocycles. The molecule has 7 heteroatoms. The predicted octanol–water partition coefficient (Wildman–Crippen LogP) is 23.5. The summed E-state index contributed by atoms with van der Waals surface area (Å²) in [6, 6.07) is 0. The molecule has 0 aromatic carbocycles. The van der Waals surface area contributed by atoms with Gasteiger partial charge in [0.2, 0.25) is 0 Å². The lowest BCUT2D eigenvalue weighted by molar-refractivity contribution is 0.381. The summed E-state index contributed by atoms with van der Waals surface area (Å²) in [5.41, 5.74) is 0. The third-order valence-electron chi connectivity index (χ3n) is 15.1. The fraction of sp³-hybridized carbons (Fsp3) is 0.941. The van der Waals surface area contributed by atoms with Crippen LogP contribution < -0.4 is 10.6 Å². The molecule has 0 saturated heterocycles. The third kappa shape index (κ3) is 93.0. The molecule has 0 spiro atoms. The van der Waals surface area contributed by atoms with Gasteiger partial charge >= 0.3 is 10.4 Å². The van der Waals surface area contributed by atoms with E-state index in [4.69, 9.17) is 17.5 Å². The Morgan fingerprint density at radius 3 is 0.493 bits per heavy atom. The Morgan fingerprint density at radius 2 is 0.347 bits per heavy atom. The number of hydrogen-bond donors (Lipinski definition) is 4. The highest BCUT2D eigenvalue weighted by molar-refractivity contribution is 7.79. The quantitative estimate of drug-likeness (QED) is 0.0275. The van der Waals surface area contributed by atoms with Gasteiger partial charge in [0.1, 0.15) is 0 Å². The van der Waals surface area contributed by atoms with Gasteiger partial charge in [0, 0.05) is 0 Å². The Hall–Kier alpha value is -0.730. The monoisotopic (exact) mass is 1080 g/mol. The van der Waals surface area contributed by atoms with Crippen LogP contribution >= 0.6 is 0 Å². The average molecular weight is 1080 g/mol. The molecule has 0 aliphatic carbocycles. The van der Waals surface area contributed by atoms with E-state index in [-0.39, 0.29) is 0 Å². The standard InChI is InChI=1S/2C34H69N.H2O4S/c2*1-3-5-7-9-11-13-15-17-19-20-22-24-26-28-30-32-34-35-33-31-29-27-25-23-21-18-16-14-12-10-8-6-4-2;1-5(2,3)4/h2*17,19,35H,3-16,18,20-34H2,1-2H3;(H2,1,2,3,4)/b2*19-17-;. The molecule has 0 aliphatic rings. The van der Waals surface area contributed by atoms with Crippen LogP contribution in [0.4, 0.5) is 0 Å². The van der Waals surface area contributed by atoms with Crippen molar-refractivity contribution in [1.82, 2.24) is 10.6 Å². The van der Waals surface area contributed by atoms with E-state index in [0.717, 1.165) is 0 Å². The van der Waals surface area contributed by atoms with Gasteiger partial charge < -0.3 is 10.6 Å². The first-order valence-electron chi connectivity index (χ1n) is 34.2. The summed E-state index contributed by atoms with van der Waals surface area (Å²) >= 11 is 0. The minimum atomic E-state index is -4.67. The Kier molecular flexibility index (Phi) is 78.9. The van der Waals surface area contributed by atoms with Crippen LogP contribution in [0.25, 0.3) is 0 Å². The molecular formula is C68H140N2O4S. The van der Waals surface area contributed by atoms with Crippen molar-refractivity contribution in [1.29, 1.82) is 0 Å². The van der Waals surface area contributed by atoms with E-state index in [9.17, 15) is 0 Å². The van der Waals surface area contributed by atoms with Crippen molar-refractivity contribution in [2.75, 3.05) is 26.2 Å². The van der Waals surface area contributed by atoms with E-state index >= 15 is 0 Å². The van der Waals surface area contributed by atoms with Crippen molar-refractivity contribution in [2.24, 2.45) is 0 Å². The second-order valence-corrected chi connectivity index (χ2v) is 23.9. The zero-order chi connectivity index (χ0) is 55.2. The second kappa shape index (κ2) is 75.3. The van der Waals surface area contributed by atoms with Crippen molar-refractivity contribution in [2.45, 2.75) is 387 Å². The molecule has 0 bridgehead atoms. The first-order valence-corrected chi connectivity index (χ1v) is 35.6. The molecule has 0 fully saturated rings. The molecular weight excluding hydrogens is 941 g/mol. The van der Waals surface area contributed by atoms with E-state index in [2.05, 4.69) is 62.6 Å². The Labute approximate surface area is 474 Å². The van der Waals surface area contributed by atoms with E-state index in [1.54, 1.807) is 0 Å². The number of hydrogen-bond acceptors (Lipinski definition) is 4. The maximum atomic E-state index is 8.74. The van der Waals surface area contributed by atoms with Gasteiger partial charge in [0.25, 0.3) is 0 Å². The third-order valence-corrected chi connectivity index (χ3v) is 15.1.